The molecular weight excluding hydrogens is 234 g/mol. The zero-order chi connectivity index (χ0) is 14.5. The van der Waals surface area contributed by atoms with Crippen molar-refractivity contribution in [2.24, 2.45) is 5.92 Å². The van der Waals surface area contributed by atoms with Crippen molar-refractivity contribution in [3.63, 3.8) is 0 Å². The average Bonchev–Trinajstić information content (AvgIpc) is 2.34. The van der Waals surface area contributed by atoms with Crippen molar-refractivity contribution < 1.29 is 5.11 Å². The molecule has 0 spiro atoms. The molecular formula is C17H29NO. The van der Waals surface area contributed by atoms with Crippen molar-refractivity contribution >= 4 is 0 Å². The third-order valence-corrected chi connectivity index (χ3v) is 3.53. The molecule has 2 heteroatoms. The second-order valence-electron chi connectivity index (χ2n) is 6.29. The Hall–Kier alpha value is -0.860. The Bertz CT molecular complexity index is 367. The van der Waals surface area contributed by atoms with Crippen LogP contribution in [0.25, 0.3) is 0 Å². The third-order valence-electron chi connectivity index (χ3n) is 3.53. The first kappa shape index (κ1) is 16.2. The summed E-state index contributed by atoms with van der Waals surface area (Å²) < 4.78 is 0. The van der Waals surface area contributed by atoms with E-state index in [2.05, 4.69) is 57.3 Å². The standard InChI is InChI=1S/C17H29NO/c1-6-15-7-9-16(10-8-15)14(4)18-12-17(5,19)11-13(2)3/h7-10,13-14,18-19H,6,11-12H2,1-5H3. The van der Waals surface area contributed by atoms with E-state index >= 15 is 0 Å². The lowest BCUT2D eigenvalue weighted by Crippen LogP contribution is -2.39. The lowest BCUT2D eigenvalue weighted by atomic mass is 9.94. The number of nitrogens with one attached hydrogen (secondary N) is 1. The van der Waals surface area contributed by atoms with Gasteiger partial charge >= 0.3 is 0 Å². The number of aryl methyl sites for hydroxylation is 1. The molecule has 0 bridgehead atoms. The van der Waals surface area contributed by atoms with Gasteiger partial charge in [0, 0.05) is 12.6 Å². The van der Waals surface area contributed by atoms with Gasteiger partial charge in [0.15, 0.2) is 0 Å². The molecule has 1 aromatic carbocycles. The van der Waals surface area contributed by atoms with Crippen LogP contribution in [0, 0.1) is 5.92 Å². The van der Waals surface area contributed by atoms with Crippen LogP contribution in [0.5, 0.6) is 0 Å². The Balaban J connectivity index is 2.52. The minimum atomic E-state index is -0.633. The number of aliphatic hydroxyl groups is 1. The molecule has 2 nitrogen and oxygen atoms in total. The van der Waals surface area contributed by atoms with Crippen molar-refractivity contribution in [2.75, 3.05) is 6.54 Å². The summed E-state index contributed by atoms with van der Waals surface area (Å²) in [7, 11) is 0. The normalized spacial score (nSPS) is 16.4. The van der Waals surface area contributed by atoms with Gasteiger partial charge in [-0.2, -0.15) is 0 Å². The third kappa shape index (κ3) is 5.75. The van der Waals surface area contributed by atoms with E-state index in [1.165, 1.54) is 11.1 Å². The van der Waals surface area contributed by atoms with Gasteiger partial charge in [-0.1, -0.05) is 45.0 Å². The number of hydrogen-bond acceptors (Lipinski definition) is 2. The molecule has 0 radical (unpaired) electrons. The summed E-state index contributed by atoms with van der Waals surface area (Å²) in [4.78, 5) is 0. The molecule has 1 rings (SSSR count). The van der Waals surface area contributed by atoms with Crippen LogP contribution >= 0.6 is 0 Å². The molecule has 2 N–H and O–H groups in total. The second kappa shape index (κ2) is 7.06. The molecule has 0 saturated heterocycles. The second-order valence-corrected chi connectivity index (χ2v) is 6.29. The molecule has 2 atom stereocenters. The Kier molecular flexibility index (Phi) is 6.02. The SMILES string of the molecule is CCc1ccc(C(C)NCC(C)(O)CC(C)C)cc1. The van der Waals surface area contributed by atoms with Crippen molar-refractivity contribution in [3.05, 3.63) is 35.4 Å². The van der Waals surface area contributed by atoms with Gasteiger partial charge in [-0.25, -0.2) is 0 Å². The van der Waals surface area contributed by atoms with Gasteiger partial charge in [-0.05, 0) is 43.7 Å². The van der Waals surface area contributed by atoms with E-state index in [-0.39, 0.29) is 6.04 Å². The first-order valence-electron chi connectivity index (χ1n) is 7.38. The van der Waals surface area contributed by atoms with Crippen molar-refractivity contribution in [3.8, 4) is 0 Å². The predicted molar refractivity (Wildman–Crippen MR) is 82.3 cm³/mol. The molecule has 0 heterocycles. The molecule has 2 unspecified atom stereocenters. The Labute approximate surface area is 118 Å². The molecule has 0 aliphatic heterocycles. The highest BCUT2D eigenvalue weighted by Gasteiger charge is 2.22. The topological polar surface area (TPSA) is 32.3 Å². The lowest BCUT2D eigenvalue weighted by Gasteiger charge is -2.27. The Morgan fingerprint density at radius 1 is 1.16 bits per heavy atom. The van der Waals surface area contributed by atoms with Crippen molar-refractivity contribution in [1.29, 1.82) is 0 Å². The van der Waals surface area contributed by atoms with E-state index < -0.39 is 5.60 Å². The van der Waals surface area contributed by atoms with Gasteiger partial charge < -0.3 is 10.4 Å². The van der Waals surface area contributed by atoms with Crippen LogP contribution in [0.15, 0.2) is 24.3 Å². The maximum Gasteiger partial charge on any atom is 0.0746 e. The summed E-state index contributed by atoms with van der Waals surface area (Å²) in [5, 5.41) is 13.7. The highest BCUT2D eigenvalue weighted by Crippen LogP contribution is 2.18. The fraction of sp³-hybridized carbons (Fsp3) is 0.647. The summed E-state index contributed by atoms with van der Waals surface area (Å²) in [6.07, 6.45) is 1.90. The van der Waals surface area contributed by atoms with Crippen LogP contribution in [-0.2, 0) is 6.42 Å². The molecule has 108 valence electrons. The van der Waals surface area contributed by atoms with Crippen LogP contribution in [0.4, 0.5) is 0 Å². The van der Waals surface area contributed by atoms with Crippen LogP contribution in [0.2, 0.25) is 0 Å². The van der Waals surface area contributed by atoms with E-state index in [4.69, 9.17) is 0 Å². The van der Waals surface area contributed by atoms with Crippen molar-refractivity contribution in [2.45, 2.75) is 59.1 Å². The number of rotatable bonds is 7. The highest BCUT2D eigenvalue weighted by molar-refractivity contribution is 5.24. The molecule has 0 fully saturated rings. The maximum atomic E-state index is 10.3. The van der Waals surface area contributed by atoms with Crippen LogP contribution in [0.1, 0.15) is 58.2 Å². The molecule has 0 saturated carbocycles. The maximum absolute atomic E-state index is 10.3. The van der Waals surface area contributed by atoms with E-state index in [1.54, 1.807) is 0 Å². The monoisotopic (exact) mass is 263 g/mol. The summed E-state index contributed by atoms with van der Waals surface area (Å²) in [6.45, 7) is 11.1. The van der Waals surface area contributed by atoms with Gasteiger partial charge in [0.25, 0.3) is 0 Å². The molecule has 0 amide bonds. The zero-order valence-corrected chi connectivity index (χ0v) is 13.0. The quantitative estimate of drug-likeness (QED) is 0.786. The first-order valence-corrected chi connectivity index (χ1v) is 7.38. The summed E-state index contributed by atoms with van der Waals surface area (Å²) >= 11 is 0. The van der Waals surface area contributed by atoms with Crippen molar-refractivity contribution in [1.82, 2.24) is 5.32 Å². The predicted octanol–water partition coefficient (Wildman–Crippen LogP) is 3.70. The van der Waals surface area contributed by atoms with Gasteiger partial charge in [0.1, 0.15) is 0 Å². The molecule has 0 aliphatic carbocycles. The fourth-order valence-electron chi connectivity index (χ4n) is 2.48. The molecule has 19 heavy (non-hydrogen) atoms. The Morgan fingerprint density at radius 3 is 2.21 bits per heavy atom. The molecule has 0 aliphatic rings. The van der Waals surface area contributed by atoms with E-state index in [0.717, 1.165) is 12.8 Å². The highest BCUT2D eigenvalue weighted by atomic mass is 16.3. The minimum Gasteiger partial charge on any atom is -0.389 e. The zero-order valence-electron chi connectivity index (χ0n) is 13.0. The largest absolute Gasteiger partial charge is 0.389 e. The number of benzene rings is 1. The smallest absolute Gasteiger partial charge is 0.0746 e. The minimum absolute atomic E-state index is 0.268. The van der Waals surface area contributed by atoms with Gasteiger partial charge in [-0.15, -0.1) is 0 Å². The summed E-state index contributed by atoms with van der Waals surface area (Å²) in [6, 6.07) is 8.98. The molecule has 1 aromatic rings. The van der Waals surface area contributed by atoms with Gasteiger partial charge in [-0.3, -0.25) is 0 Å². The molecule has 0 aromatic heterocycles. The summed E-state index contributed by atoms with van der Waals surface area (Å²) in [5.41, 5.74) is 2.01. The first-order chi connectivity index (χ1) is 8.84. The van der Waals surface area contributed by atoms with Crippen LogP contribution in [0.3, 0.4) is 0 Å². The number of hydrogen-bond donors (Lipinski definition) is 2. The van der Waals surface area contributed by atoms with Gasteiger partial charge in [0.05, 0.1) is 5.60 Å². The Morgan fingerprint density at radius 2 is 1.74 bits per heavy atom. The average molecular weight is 263 g/mol. The van der Waals surface area contributed by atoms with E-state index in [0.29, 0.717) is 12.5 Å². The lowest BCUT2D eigenvalue weighted by molar-refractivity contribution is 0.0363. The summed E-state index contributed by atoms with van der Waals surface area (Å²) in [5.74, 6) is 0.510. The van der Waals surface area contributed by atoms with E-state index in [1.807, 2.05) is 6.92 Å². The van der Waals surface area contributed by atoms with Gasteiger partial charge in [0.2, 0.25) is 0 Å². The van der Waals surface area contributed by atoms with Crippen LogP contribution in [-0.4, -0.2) is 17.3 Å². The fourth-order valence-corrected chi connectivity index (χ4v) is 2.48. The van der Waals surface area contributed by atoms with E-state index in [9.17, 15) is 5.11 Å². The van der Waals surface area contributed by atoms with Crippen LogP contribution < -0.4 is 5.32 Å².